The van der Waals surface area contributed by atoms with Crippen LogP contribution in [0.25, 0.3) is 0 Å². The summed E-state index contributed by atoms with van der Waals surface area (Å²) in [4.78, 5) is 21.8. The van der Waals surface area contributed by atoms with Crippen molar-refractivity contribution in [3.05, 3.63) is 57.6 Å². The Hall–Kier alpha value is -3.62. The molecule has 2 aromatic carbocycles. The summed E-state index contributed by atoms with van der Waals surface area (Å²) < 4.78 is 11.2. The molecule has 2 N–H and O–H groups in total. The lowest BCUT2D eigenvalue weighted by Gasteiger charge is -2.12. The Morgan fingerprint density at radius 1 is 1.14 bits per heavy atom. The quantitative estimate of drug-likeness (QED) is 0.326. The Morgan fingerprint density at radius 3 is 2.31 bits per heavy atom. The fourth-order valence-corrected chi connectivity index (χ4v) is 2.34. The van der Waals surface area contributed by atoms with Gasteiger partial charge in [-0.15, -0.1) is 0 Å². The lowest BCUT2D eigenvalue weighted by atomic mass is 10.1. The first kappa shape index (κ1) is 21.7. The number of carboxylic acid groups (broad SMARTS) is 1. The highest BCUT2D eigenvalue weighted by molar-refractivity contribution is 5.88. The second-order valence-corrected chi connectivity index (χ2v) is 6.06. The molecule has 0 amide bonds. The Labute approximate surface area is 168 Å². The molecule has 2 rings (SSSR count). The number of nitrogens with zero attached hydrogens (tertiary/aromatic N) is 2. The molecule has 0 spiro atoms. The van der Waals surface area contributed by atoms with E-state index in [1.54, 1.807) is 12.1 Å². The summed E-state index contributed by atoms with van der Waals surface area (Å²) in [6, 6.07) is 8.89. The molecule has 9 heteroatoms. The van der Waals surface area contributed by atoms with Gasteiger partial charge in [-0.1, -0.05) is 13.8 Å². The number of hydrogen-bond acceptors (Lipinski definition) is 7. The van der Waals surface area contributed by atoms with E-state index < -0.39 is 10.9 Å². The van der Waals surface area contributed by atoms with Crippen molar-refractivity contribution < 1.29 is 24.3 Å². The summed E-state index contributed by atoms with van der Waals surface area (Å²) in [5.41, 5.74) is 3.74. The molecule has 154 valence electrons. The number of hydrazone groups is 1. The fraction of sp³-hybridized carbons (Fsp3) is 0.300. The topological polar surface area (TPSA) is 123 Å². The van der Waals surface area contributed by atoms with Crippen molar-refractivity contribution in [3.8, 4) is 11.5 Å². The number of ether oxygens (including phenoxy) is 2. The molecule has 0 heterocycles. The van der Waals surface area contributed by atoms with Crippen molar-refractivity contribution in [1.29, 1.82) is 0 Å². The number of nitro groups is 1. The van der Waals surface area contributed by atoms with E-state index in [4.69, 9.17) is 14.6 Å². The largest absolute Gasteiger partial charge is 0.493 e. The van der Waals surface area contributed by atoms with E-state index in [-0.39, 0.29) is 17.0 Å². The van der Waals surface area contributed by atoms with Crippen LogP contribution in [0.1, 0.15) is 42.6 Å². The summed E-state index contributed by atoms with van der Waals surface area (Å²) in [6.07, 6.45) is 2.90. The van der Waals surface area contributed by atoms with Crippen molar-refractivity contribution in [1.82, 2.24) is 0 Å². The number of aromatic carboxylic acids is 1. The molecule has 2 aromatic rings. The first-order valence-corrected chi connectivity index (χ1v) is 9.16. The van der Waals surface area contributed by atoms with E-state index in [1.165, 1.54) is 30.5 Å². The van der Waals surface area contributed by atoms with Crippen LogP contribution in [0.4, 0.5) is 11.4 Å². The highest BCUT2D eigenvalue weighted by Crippen LogP contribution is 2.34. The Balaban J connectivity index is 2.27. The second-order valence-electron chi connectivity index (χ2n) is 6.06. The third-order valence-electron chi connectivity index (χ3n) is 3.74. The highest BCUT2D eigenvalue weighted by Gasteiger charge is 2.20. The summed E-state index contributed by atoms with van der Waals surface area (Å²) in [6.45, 7) is 4.66. The Bertz CT molecular complexity index is 881. The molecule has 0 aliphatic carbocycles. The monoisotopic (exact) mass is 401 g/mol. The summed E-state index contributed by atoms with van der Waals surface area (Å²) in [5, 5.41) is 24.4. The minimum atomic E-state index is -1.02. The van der Waals surface area contributed by atoms with Crippen LogP contribution in [0.15, 0.2) is 41.5 Å². The maximum Gasteiger partial charge on any atom is 0.335 e. The first-order chi connectivity index (χ1) is 14.0. The zero-order valence-electron chi connectivity index (χ0n) is 16.3. The number of benzene rings is 2. The molecule has 0 aromatic heterocycles. The summed E-state index contributed by atoms with van der Waals surface area (Å²) in [5.74, 6) is -0.442. The van der Waals surface area contributed by atoms with Gasteiger partial charge in [-0.3, -0.25) is 15.5 Å². The second kappa shape index (κ2) is 10.6. The molecule has 0 saturated carbocycles. The highest BCUT2D eigenvalue weighted by atomic mass is 16.6. The van der Waals surface area contributed by atoms with Gasteiger partial charge >= 0.3 is 11.7 Å². The fourth-order valence-electron chi connectivity index (χ4n) is 2.34. The Morgan fingerprint density at radius 2 is 1.76 bits per heavy atom. The van der Waals surface area contributed by atoms with Crippen molar-refractivity contribution in [3.63, 3.8) is 0 Å². The number of carboxylic acids is 1. The van der Waals surface area contributed by atoms with Crippen LogP contribution in [0.3, 0.4) is 0 Å². The number of anilines is 1. The summed E-state index contributed by atoms with van der Waals surface area (Å²) >= 11 is 0. The first-order valence-electron chi connectivity index (χ1n) is 9.16. The minimum absolute atomic E-state index is 0.150. The molecular formula is C20H23N3O6. The predicted octanol–water partition coefficient (Wildman–Crippen LogP) is 4.32. The van der Waals surface area contributed by atoms with Crippen LogP contribution in [-0.2, 0) is 0 Å². The van der Waals surface area contributed by atoms with E-state index in [1.807, 2.05) is 13.8 Å². The molecule has 29 heavy (non-hydrogen) atoms. The van der Waals surface area contributed by atoms with Gasteiger partial charge in [0.1, 0.15) is 5.75 Å². The van der Waals surface area contributed by atoms with Gasteiger partial charge < -0.3 is 14.6 Å². The summed E-state index contributed by atoms with van der Waals surface area (Å²) in [7, 11) is 0. The van der Waals surface area contributed by atoms with E-state index in [2.05, 4.69) is 10.5 Å². The lowest BCUT2D eigenvalue weighted by Crippen LogP contribution is -2.04. The molecule has 0 aliphatic heterocycles. The number of carbonyl (C=O) groups is 1. The Kier molecular flexibility index (Phi) is 7.96. The van der Waals surface area contributed by atoms with Gasteiger partial charge in [0.2, 0.25) is 5.75 Å². The molecule has 9 nitrogen and oxygen atoms in total. The van der Waals surface area contributed by atoms with Gasteiger partial charge in [0.05, 0.1) is 35.6 Å². The van der Waals surface area contributed by atoms with Gasteiger partial charge in [-0.25, -0.2) is 4.79 Å². The number of rotatable bonds is 11. The predicted molar refractivity (Wildman–Crippen MR) is 109 cm³/mol. The number of hydrogen-bond donors (Lipinski definition) is 2. The van der Waals surface area contributed by atoms with E-state index in [9.17, 15) is 14.9 Å². The smallest absolute Gasteiger partial charge is 0.335 e. The van der Waals surface area contributed by atoms with Crippen LogP contribution in [0.2, 0.25) is 0 Å². The third kappa shape index (κ3) is 6.20. The van der Waals surface area contributed by atoms with Crippen molar-refractivity contribution in [2.24, 2.45) is 5.10 Å². The average Bonchev–Trinajstić information content (AvgIpc) is 2.71. The minimum Gasteiger partial charge on any atom is -0.493 e. The van der Waals surface area contributed by atoms with Gasteiger partial charge in [-0.05, 0) is 37.1 Å². The molecule has 0 bridgehead atoms. The van der Waals surface area contributed by atoms with Gasteiger partial charge in [0.15, 0.2) is 0 Å². The van der Waals surface area contributed by atoms with Crippen LogP contribution < -0.4 is 14.9 Å². The maximum atomic E-state index is 11.4. The normalized spacial score (nSPS) is 10.7. The van der Waals surface area contributed by atoms with Crippen molar-refractivity contribution in [2.75, 3.05) is 18.6 Å². The standard InChI is InChI=1S/C20H23N3O6/c1-3-9-28-18-12-19(29-10-4-2)17(23(26)27)11-15(18)13-21-22-16-7-5-14(6-8-16)20(24)25/h5-8,11-13,22H,3-4,9-10H2,1-2H3,(H,24,25). The molecule has 0 saturated heterocycles. The maximum absolute atomic E-state index is 11.4. The number of nitro benzene ring substituents is 1. The third-order valence-corrected chi connectivity index (χ3v) is 3.74. The van der Waals surface area contributed by atoms with Gasteiger partial charge in [0.25, 0.3) is 0 Å². The zero-order chi connectivity index (χ0) is 21.2. The van der Waals surface area contributed by atoms with Crippen molar-refractivity contribution >= 4 is 23.6 Å². The van der Waals surface area contributed by atoms with Crippen LogP contribution in [0.5, 0.6) is 11.5 Å². The van der Waals surface area contributed by atoms with Gasteiger partial charge in [0, 0.05) is 17.7 Å². The lowest BCUT2D eigenvalue weighted by molar-refractivity contribution is -0.385. The van der Waals surface area contributed by atoms with E-state index in [0.29, 0.717) is 30.2 Å². The van der Waals surface area contributed by atoms with Crippen LogP contribution in [0, 0.1) is 10.1 Å². The van der Waals surface area contributed by atoms with Crippen LogP contribution in [-0.4, -0.2) is 35.4 Å². The average molecular weight is 401 g/mol. The van der Waals surface area contributed by atoms with E-state index >= 15 is 0 Å². The molecule has 0 aliphatic rings. The zero-order valence-corrected chi connectivity index (χ0v) is 16.3. The molecule has 0 fully saturated rings. The molecule has 0 radical (unpaired) electrons. The molecule has 0 atom stereocenters. The molecule has 0 unspecified atom stereocenters. The number of nitrogens with one attached hydrogen (secondary N) is 1. The molecular weight excluding hydrogens is 378 g/mol. The SMILES string of the molecule is CCCOc1cc(OCCC)c([N+](=O)[O-])cc1C=NNc1ccc(C(=O)O)cc1. The van der Waals surface area contributed by atoms with E-state index in [0.717, 1.165) is 12.8 Å². The van der Waals surface area contributed by atoms with Crippen LogP contribution >= 0.6 is 0 Å². The van der Waals surface area contributed by atoms with Crippen molar-refractivity contribution in [2.45, 2.75) is 26.7 Å². The van der Waals surface area contributed by atoms with Gasteiger partial charge in [-0.2, -0.15) is 5.10 Å².